The molecule has 4 rings (SSSR count). The maximum atomic E-state index is 13.0. The first-order valence-electron chi connectivity index (χ1n) is 9.13. The number of halogens is 1. The maximum Gasteiger partial charge on any atom is 0.276 e. The summed E-state index contributed by atoms with van der Waals surface area (Å²) in [5.74, 6) is 1.44. The number of hydrogen-bond donors (Lipinski definition) is 1. The lowest BCUT2D eigenvalue weighted by Gasteiger charge is -2.20. The summed E-state index contributed by atoms with van der Waals surface area (Å²) in [6.07, 6.45) is 2.16. The predicted molar refractivity (Wildman–Crippen MR) is 103 cm³/mol. The Morgan fingerprint density at radius 3 is 2.31 bits per heavy atom. The van der Waals surface area contributed by atoms with Gasteiger partial charge in [0.25, 0.3) is 5.91 Å². The Kier molecular flexibility index (Phi) is 5.63. The van der Waals surface area contributed by atoms with E-state index in [1.54, 1.807) is 4.68 Å². The number of benzene rings is 1. The van der Waals surface area contributed by atoms with Crippen LogP contribution in [-0.2, 0) is 0 Å². The lowest BCUT2D eigenvalue weighted by molar-refractivity contribution is 0.0751. The molecular weight excluding hydrogens is 350 g/mol. The number of nitrogens with zero attached hydrogens (tertiary/aromatic N) is 4. The van der Waals surface area contributed by atoms with Crippen molar-refractivity contribution in [1.82, 2.24) is 25.2 Å². The number of amides is 1. The van der Waals surface area contributed by atoms with Gasteiger partial charge in [0.15, 0.2) is 5.69 Å². The standard InChI is InChI=1S/C19H25N5O.ClH/c1-13-3-5-17(6-4-13)24-14(2)18(21-22-24)19(25)23-9-7-15-11-20-12-16(15)8-10-23;/h3-6,15-16,20H,7-12H2,1-2H3;1H/t15-,16+;. The van der Waals surface area contributed by atoms with E-state index in [-0.39, 0.29) is 18.3 Å². The summed E-state index contributed by atoms with van der Waals surface area (Å²) in [5, 5.41) is 11.9. The van der Waals surface area contributed by atoms with Crippen LogP contribution in [0.25, 0.3) is 5.69 Å². The minimum absolute atomic E-state index is 0. The van der Waals surface area contributed by atoms with E-state index < -0.39 is 0 Å². The summed E-state index contributed by atoms with van der Waals surface area (Å²) < 4.78 is 1.75. The average Bonchev–Trinajstić information content (AvgIpc) is 3.17. The van der Waals surface area contributed by atoms with Crippen LogP contribution < -0.4 is 5.32 Å². The van der Waals surface area contributed by atoms with Gasteiger partial charge in [0, 0.05) is 13.1 Å². The number of fused-ring (bicyclic) bond motifs is 1. The molecule has 26 heavy (non-hydrogen) atoms. The normalized spacial score (nSPS) is 22.5. The molecule has 1 N–H and O–H groups in total. The second-order valence-corrected chi connectivity index (χ2v) is 7.32. The van der Waals surface area contributed by atoms with Crippen LogP contribution in [0.1, 0.15) is 34.6 Å². The molecule has 3 heterocycles. The van der Waals surface area contributed by atoms with Crippen molar-refractivity contribution >= 4 is 18.3 Å². The van der Waals surface area contributed by atoms with Crippen LogP contribution in [0, 0.1) is 25.7 Å². The van der Waals surface area contributed by atoms with E-state index >= 15 is 0 Å². The number of likely N-dealkylation sites (tertiary alicyclic amines) is 1. The molecule has 6 nitrogen and oxygen atoms in total. The second kappa shape index (κ2) is 7.76. The third-order valence-corrected chi connectivity index (χ3v) is 5.68. The van der Waals surface area contributed by atoms with Crippen molar-refractivity contribution in [2.24, 2.45) is 11.8 Å². The first kappa shape index (κ1) is 18.9. The number of nitrogens with one attached hydrogen (secondary N) is 1. The van der Waals surface area contributed by atoms with Crippen molar-refractivity contribution < 1.29 is 4.79 Å². The quantitative estimate of drug-likeness (QED) is 0.875. The summed E-state index contributed by atoms with van der Waals surface area (Å²) >= 11 is 0. The van der Waals surface area contributed by atoms with Gasteiger partial charge in [-0.25, -0.2) is 4.68 Å². The van der Waals surface area contributed by atoms with Crippen molar-refractivity contribution in [1.29, 1.82) is 0 Å². The Morgan fingerprint density at radius 1 is 1.08 bits per heavy atom. The highest BCUT2D eigenvalue weighted by molar-refractivity contribution is 5.93. The topological polar surface area (TPSA) is 63.1 Å². The molecular formula is C19H26ClN5O. The van der Waals surface area contributed by atoms with Crippen molar-refractivity contribution in [2.45, 2.75) is 26.7 Å². The molecule has 2 aliphatic heterocycles. The first-order chi connectivity index (χ1) is 12.1. The van der Waals surface area contributed by atoms with E-state index in [0.717, 1.165) is 50.4 Å². The SMILES string of the molecule is Cc1ccc(-n2nnc(C(=O)N3CC[C@@H]4CNC[C@@H]4CC3)c2C)cc1.Cl. The molecule has 1 aromatic heterocycles. The maximum absolute atomic E-state index is 13.0. The lowest BCUT2D eigenvalue weighted by atomic mass is 9.92. The van der Waals surface area contributed by atoms with Gasteiger partial charge in [0.05, 0.1) is 11.4 Å². The minimum Gasteiger partial charge on any atom is -0.337 e. The minimum atomic E-state index is 0. The molecule has 2 saturated heterocycles. The van der Waals surface area contributed by atoms with Crippen molar-refractivity contribution in [3.05, 3.63) is 41.2 Å². The molecule has 0 radical (unpaired) electrons. The molecule has 2 fully saturated rings. The molecule has 2 atom stereocenters. The van der Waals surface area contributed by atoms with Gasteiger partial charge in [-0.2, -0.15) is 0 Å². The number of aryl methyl sites for hydroxylation is 1. The highest BCUT2D eigenvalue weighted by Crippen LogP contribution is 2.28. The molecule has 1 amide bonds. The van der Waals surface area contributed by atoms with Gasteiger partial charge >= 0.3 is 0 Å². The van der Waals surface area contributed by atoms with Gasteiger partial charge < -0.3 is 10.2 Å². The van der Waals surface area contributed by atoms with Crippen LogP contribution in [0.5, 0.6) is 0 Å². The largest absolute Gasteiger partial charge is 0.337 e. The number of hydrogen-bond acceptors (Lipinski definition) is 4. The Hall–Kier alpha value is -1.92. The highest BCUT2D eigenvalue weighted by Gasteiger charge is 2.32. The van der Waals surface area contributed by atoms with E-state index in [1.807, 2.05) is 36.1 Å². The van der Waals surface area contributed by atoms with Crippen LogP contribution >= 0.6 is 12.4 Å². The van der Waals surface area contributed by atoms with Gasteiger partial charge in [-0.15, -0.1) is 17.5 Å². The lowest BCUT2D eigenvalue weighted by Crippen LogP contribution is -2.33. The Morgan fingerprint density at radius 2 is 1.69 bits per heavy atom. The zero-order valence-corrected chi connectivity index (χ0v) is 16.1. The number of carbonyl (C=O) groups excluding carboxylic acids is 1. The molecule has 2 aliphatic rings. The third-order valence-electron chi connectivity index (χ3n) is 5.68. The van der Waals surface area contributed by atoms with E-state index in [4.69, 9.17) is 0 Å². The molecule has 140 valence electrons. The van der Waals surface area contributed by atoms with E-state index in [2.05, 4.69) is 22.6 Å². The molecule has 0 aliphatic carbocycles. The summed E-state index contributed by atoms with van der Waals surface area (Å²) in [7, 11) is 0. The summed E-state index contributed by atoms with van der Waals surface area (Å²) in [6, 6.07) is 8.09. The number of carbonyl (C=O) groups is 1. The van der Waals surface area contributed by atoms with Crippen LogP contribution in [0.3, 0.4) is 0 Å². The fraction of sp³-hybridized carbons (Fsp3) is 0.526. The number of aromatic nitrogens is 3. The summed E-state index contributed by atoms with van der Waals surface area (Å²) in [6.45, 7) is 7.79. The predicted octanol–water partition coefficient (Wildman–Crippen LogP) is 2.38. The van der Waals surface area contributed by atoms with Gasteiger partial charge in [-0.1, -0.05) is 22.9 Å². The van der Waals surface area contributed by atoms with Crippen molar-refractivity contribution in [2.75, 3.05) is 26.2 Å². The fourth-order valence-electron chi connectivity index (χ4n) is 4.03. The first-order valence-corrected chi connectivity index (χ1v) is 9.13. The van der Waals surface area contributed by atoms with Crippen LogP contribution in [0.2, 0.25) is 0 Å². The Balaban J connectivity index is 0.00000196. The zero-order chi connectivity index (χ0) is 17.4. The second-order valence-electron chi connectivity index (χ2n) is 7.32. The van der Waals surface area contributed by atoms with Gasteiger partial charge in [0.2, 0.25) is 0 Å². The van der Waals surface area contributed by atoms with E-state index in [9.17, 15) is 4.79 Å². The van der Waals surface area contributed by atoms with E-state index in [1.165, 1.54) is 5.56 Å². The van der Waals surface area contributed by atoms with Crippen LogP contribution in [0.15, 0.2) is 24.3 Å². The van der Waals surface area contributed by atoms with Crippen LogP contribution in [-0.4, -0.2) is 52.0 Å². The van der Waals surface area contributed by atoms with Gasteiger partial charge in [0.1, 0.15) is 0 Å². The Labute approximate surface area is 160 Å². The van der Waals surface area contributed by atoms with Crippen molar-refractivity contribution in [3.63, 3.8) is 0 Å². The summed E-state index contributed by atoms with van der Waals surface area (Å²) in [4.78, 5) is 15.0. The molecule has 0 saturated carbocycles. The van der Waals surface area contributed by atoms with Crippen LogP contribution in [0.4, 0.5) is 0 Å². The molecule has 0 unspecified atom stereocenters. The molecule has 2 aromatic rings. The average molecular weight is 376 g/mol. The third kappa shape index (κ3) is 3.48. The van der Waals surface area contributed by atoms with Gasteiger partial charge in [-0.3, -0.25) is 4.79 Å². The smallest absolute Gasteiger partial charge is 0.276 e. The molecule has 0 bridgehead atoms. The summed E-state index contributed by atoms with van der Waals surface area (Å²) in [5.41, 5.74) is 3.42. The Bertz CT molecular complexity index is 759. The van der Waals surface area contributed by atoms with Gasteiger partial charge in [-0.05, 0) is 63.7 Å². The number of rotatable bonds is 2. The highest BCUT2D eigenvalue weighted by atomic mass is 35.5. The van der Waals surface area contributed by atoms with Crippen molar-refractivity contribution in [3.8, 4) is 5.69 Å². The molecule has 7 heteroatoms. The zero-order valence-electron chi connectivity index (χ0n) is 15.3. The fourth-order valence-corrected chi connectivity index (χ4v) is 4.03. The molecule has 1 aromatic carbocycles. The van der Waals surface area contributed by atoms with E-state index in [0.29, 0.717) is 17.5 Å². The molecule has 0 spiro atoms. The monoisotopic (exact) mass is 375 g/mol.